The Morgan fingerprint density at radius 2 is 1.91 bits per heavy atom. The van der Waals surface area contributed by atoms with Crippen molar-refractivity contribution in [1.82, 2.24) is 14.7 Å². The van der Waals surface area contributed by atoms with E-state index in [9.17, 15) is 9.59 Å². The number of rotatable bonds is 6. The molecular formula is C24H31ClN4O3. The highest BCUT2D eigenvalue weighted by atomic mass is 35.5. The molecule has 1 aliphatic carbocycles. The minimum Gasteiger partial charge on any atom is -0.467 e. The van der Waals surface area contributed by atoms with Crippen molar-refractivity contribution in [3.8, 4) is 0 Å². The Balaban J connectivity index is 1.37. The van der Waals surface area contributed by atoms with Gasteiger partial charge >= 0.3 is 6.03 Å². The van der Waals surface area contributed by atoms with Crippen LogP contribution in [0.25, 0.3) is 0 Å². The molecule has 1 aliphatic heterocycles. The molecule has 3 amide bonds. The molecule has 2 aliphatic rings. The van der Waals surface area contributed by atoms with Gasteiger partial charge in [-0.25, -0.2) is 4.79 Å². The first kappa shape index (κ1) is 22.7. The van der Waals surface area contributed by atoms with Crippen LogP contribution in [0.4, 0.5) is 10.5 Å². The van der Waals surface area contributed by atoms with Crippen LogP contribution >= 0.6 is 11.6 Å². The van der Waals surface area contributed by atoms with Crippen molar-refractivity contribution in [1.29, 1.82) is 0 Å². The normalized spacial score (nSPS) is 18.5. The number of hydrogen-bond donors (Lipinski definition) is 1. The van der Waals surface area contributed by atoms with E-state index in [0.717, 1.165) is 18.6 Å². The maximum Gasteiger partial charge on any atom is 0.321 e. The number of carbonyl (C=O) groups excluding carboxylic acids is 2. The van der Waals surface area contributed by atoms with Crippen molar-refractivity contribution < 1.29 is 14.0 Å². The van der Waals surface area contributed by atoms with E-state index < -0.39 is 0 Å². The summed E-state index contributed by atoms with van der Waals surface area (Å²) in [4.78, 5) is 32.0. The first-order valence-electron chi connectivity index (χ1n) is 11.3. The van der Waals surface area contributed by atoms with E-state index in [-0.39, 0.29) is 18.0 Å². The van der Waals surface area contributed by atoms with Crippen molar-refractivity contribution >= 4 is 29.2 Å². The first-order valence-corrected chi connectivity index (χ1v) is 11.7. The summed E-state index contributed by atoms with van der Waals surface area (Å²) in [6, 6.07) is 10.6. The number of piperazine rings is 1. The molecule has 1 atom stereocenters. The number of nitrogens with one attached hydrogen (secondary N) is 1. The number of nitrogens with zero attached hydrogens (tertiary/aromatic N) is 3. The van der Waals surface area contributed by atoms with Crippen LogP contribution in [0.15, 0.2) is 47.1 Å². The molecule has 8 heteroatoms. The van der Waals surface area contributed by atoms with Crippen molar-refractivity contribution in [3.05, 3.63) is 53.4 Å². The molecule has 7 nitrogen and oxygen atoms in total. The molecule has 1 saturated carbocycles. The van der Waals surface area contributed by atoms with Gasteiger partial charge in [0.25, 0.3) is 0 Å². The monoisotopic (exact) mass is 458 g/mol. The van der Waals surface area contributed by atoms with Crippen LogP contribution in [-0.2, 0) is 11.3 Å². The van der Waals surface area contributed by atoms with Crippen LogP contribution in [0.2, 0.25) is 5.02 Å². The highest BCUT2D eigenvalue weighted by Crippen LogP contribution is 2.32. The Morgan fingerprint density at radius 3 is 2.56 bits per heavy atom. The van der Waals surface area contributed by atoms with Gasteiger partial charge < -0.3 is 19.5 Å². The van der Waals surface area contributed by atoms with Crippen molar-refractivity contribution in [2.24, 2.45) is 5.92 Å². The van der Waals surface area contributed by atoms with Gasteiger partial charge in [-0.15, -0.1) is 0 Å². The van der Waals surface area contributed by atoms with Gasteiger partial charge in [0.05, 0.1) is 18.8 Å². The van der Waals surface area contributed by atoms with E-state index in [4.69, 9.17) is 16.0 Å². The smallest absolute Gasteiger partial charge is 0.321 e. The summed E-state index contributed by atoms with van der Waals surface area (Å²) in [7, 11) is 1.85. The van der Waals surface area contributed by atoms with Gasteiger partial charge in [-0.05, 0) is 49.1 Å². The standard InChI is InChI=1S/C24H31ClN4O3/c1-27(17-21-10-5-15-32-21)23(30)22(18-6-2-3-7-18)28-11-13-29(14-12-28)24(31)26-20-9-4-8-19(25)16-20/h4-5,8-10,15-16,18,22H,2-3,6-7,11-14,17H2,1H3,(H,26,31)/t22-/m0/s1. The molecule has 2 fully saturated rings. The molecule has 172 valence electrons. The minimum absolute atomic E-state index is 0.134. The molecule has 1 N–H and O–H groups in total. The zero-order valence-electron chi connectivity index (χ0n) is 18.5. The third kappa shape index (κ3) is 5.45. The second-order valence-corrected chi connectivity index (χ2v) is 9.16. The fourth-order valence-corrected chi connectivity index (χ4v) is 5.03. The van der Waals surface area contributed by atoms with Gasteiger partial charge in [0.15, 0.2) is 0 Å². The second-order valence-electron chi connectivity index (χ2n) is 8.73. The number of likely N-dealkylation sites (N-methyl/N-ethyl adjacent to an activating group) is 1. The topological polar surface area (TPSA) is 69.0 Å². The summed E-state index contributed by atoms with van der Waals surface area (Å²) in [6.45, 7) is 3.02. The van der Waals surface area contributed by atoms with Gasteiger partial charge in [0.1, 0.15) is 5.76 Å². The molecule has 0 spiro atoms. The fraction of sp³-hybridized carbons (Fsp3) is 0.500. The summed E-state index contributed by atoms with van der Waals surface area (Å²) < 4.78 is 5.43. The quantitative estimate of drug-likeness (QED) is 0.700. The summed E-state index contributed by atoms with van der Waals surface area (Å²) in [6.07, 6.45) is 6.16. The zero-order valence-corrected chi connectivity index (χ0v) is 19.3. The number of benzene rings is 1. The molecule has 4 rings (SSSR count). The van der Waals surface area contributed by atoms with Gasteiger partial charge in [0.2, 0.25) is 5.91 Å². The number of furan rings is 1. The molecule has 1 saturated heterocycles. The van der Waals surface area contributed by atoms with E-state index in [1.165, 1.54) is 12.8 Å². The third-order valence-electron chi connectivity index (χ3n) is 6.52. The third-order valence-corrected chi connectivity index (χ3v) is 6.75. The lowest BCUT2D eigenvalue weighted by Crippen LogP contribution is -2.58. The molecule has 1 aromatic carbocycles. The maximum atomic E-state index is 13.5. The minimum atomic E-state index is -0.143. The highest BCUT2D eigenvalue weighted by molar-refractivity contribution is 6.30. The van der Waals surface area contributed by atoms with Crippen LogP contribution in [0, 0.1) is 5.92 Å². The molecule has 0 unspecified atom stereocenters. The van der Waals surface area contributed by atoms with E-state index in [1.807, 2.05) is 31.3 Å². The summed E-state index contributed by atoms with van der Waals surface area (Å²) in [5.41, 5.74) is 0.684. The molecule has 0 bridgehead atoms. The van der Waals surface area contributed by atoms with Crippen LogP contribution in [-0.4, -0.2) is 65.9 Å². The van der Waals surface area contributed by atoms with Gasteiger partial charge in [-0.2, -0.15) is 0 Å². The molecule has 0 radical (unpaired) electrons. The first-order chi connectivity index (χ1) is 15.5. The fourth-order valence-electron chi connectivity index (χ4n) is 4.84. The van der Waals surface area contributed by atoms with Crippen LogP contribution < -0.4 is 5.32 Å². The zero-order chi connectivity index (χ0) is 22.5. The lowest BCUT2D eigenvalue weighted by atomic mass is 9.94. The Bertz CT molecular complexity index is 906. The van der Waals surface area contributed by atoms with Crippen molar-refractivity contribution in [2.45, 2.75) is 38.3 Å². The predicted octanol–water partition coefficient (Wildman–Crippen LogP) is 4.30. The van der Waals surface area contributed by atoms with Crippen molar-refractivity contribution in [2.75, 3.05) is 38.5 Å². The van der Waals surface area contributed by atoms with E-state index in [0.29, 0.717) is 49.4 Å². The van der Waals surface area contributed by atoms with E-state index >= 15 is 0 Å². The Morgan fingerprint density at radius 1 is 1.16 bits per heavy atom. The lowest BCUT2D eigenvalue weighted by molar-refractivity contribution is -0.139. The van der Waals surface area contributed by atoms with Gasteiger partial charge in [0, 0.05) is 43.9 Å². The van der Waals surface area contributed by atoms with Crippen LogP contribution in [0.1, 0.15) is 31.4 Å². The Kier molecular flexibility index (Phi) is 7.37. The number of amides is 3. The van der Waals surface area contributed by atoms with E-state index in [2.05, 4.69) is 10.2 Å². The SMILES string of the molecule is CN(Cc1ccco1)C(=O)[C@H](C1CCCC1)N1CCN(C(=O)Nc2cccc(Cl)c2)CC1. The number of hydrogen-bond acceptors (Lipinski definition) is 4. The lowest BCUT2D eigenvalue weighted by Gasteiger charge is -2.41. The molecule has 1 aromatic heterocycles. The second kappa shape index (κ2) is 10.4. The molecular weight excluding hydrogens is 428 g/mol. The number of carbonyl (C=O) groups is 2. The van der Waals surface area contributed by atoms with E-state index in [1.54, 1.807) is 28.2 Å². The molecule has 2 aromatic rings. The summed E-state index contributed by atoms with van der Waals surface area (Å²) in [5, 5.41) is 3.50. The highest BCUT2D eigenvalue weighted by Gasteiger charge is 2.38. The molecule has 2 heterocycles. The number of urea groups is 1. The molecule has 32 heavy (non-hydrogen) atoms. The predicted molar refractivity (Wildman–Crippen MR) is 125 cm³/mol. The summed E-state index contributed by atoms with van der Waals surface area (Å²) in [5.74, 6) is 1.30. The Hall–Kier alpha value is -2.51. The number of halogens is 1. The number of anilines is 1. The Labute approximate surface area is 194 Å². The largest absolute Gasteiger partial charge is 0.467 e. The van der Waals surface area contributed by atoms with Gasteiger partial charge in [-0.1, -0.05) is 30.5 Å². The summed E-state index contributed by atoms with van der Waals surface area (Å²) >= 11 is 6.02. The van der Waals surface area contributed by atoms with Gasteiger partial charge in [-0.3, -0.25) is 9.69 Å². The average molecular weight is 459 g/mol. The average Bonchev–Trinajstić information content (AvgIpc) is 3.49. The van der Waals surface area contributed by atoms with Crippen LogP contribution in [0.5, 0.6) is 0 Å². The maximum absolute atomic E-state index is 13.5. The van der Waals surface area contributed by atoms with Crippen molar-refractivity contribution in [3.63, 3.8) is 0 Å². The van der Waals surface area contributed by atoms with Crippen LogP contribution in [0.3, 0.4) is 0 Å².